The Labute approximate surface area is 146 Å². The minimum atomic E-state index is -4.81. The Hall–Kier alpha value is -1.47. The van der Waals surface area contributed by atoms with E-state index in [-0.39, 0.29) is 12.6 Å². The van der Waals surface area contributed by atoms with E-state index in [0.717, 1.165) is 37.1 Å². The van der Waals surface area contributed by atoms with Crippen LogP contribution in [-0.4, -0.2) is 61.6 Å². The lowest BCUT2D eigenvalue weighted by Gasteiger charge is -2.34. The minimum absolute atomic E-state index is 0.183. The molecule has 2 rings (SSSR count). The molecule has 0 radical (unpaired) electrons. The summed E-state index contributed by atoms with van der Waals surface area (Å²) in [6, 6.07) is -1.55. The molecule has 2 aliphatic rings. The van der Waals surface area contributed by atoms with Crippen LogP contribution in [0, 0.1) is 0 Å². The first-order chi connectivity index (χ1) is 11.9. The normalized spacial score (nSPS) is 24.6. The number of nitrogens with zero attached hydrogens (tertiary/aromatic N) is 1. The number of piperidine rings is 2. The fourth-order valence-corrected chi connectivity index (χ4v) is 3.12. The van der Waals surface area contributed by atoms with Crippen LogP contribution < -0.4 is 16.3 Å². The van der Waals surface area contributed by atoms with Crippen LogP contribution >= 0.6 is 0 Å². The largest absolute Gasteiger partial charge is 0.418 e. The van der Waals surface area contributed by atoms with Crippen molar-refractivity contribution in [2.24, 2.45) is 0 Å². The van der Waals surface area contributed by atoms with Crippen LogP contribution in [0.1, 0.15) is 38.5 Å². The first-order valence-corrected chi connectivity index (χ1v) is 9.61. The van der Waals surface area contributed by atoms with Gasteiger partial charge >= 0.3 is 16.4 Å². The van der Waals surface area contributed by atoms with E-state index >= 15 is 0 Å². The highest BCUT2D eigenvalue weighted by atomic mass is 32.3. The molecule has 0 saturated carbocycles. The summed E-state index contributed by atoms with van der Waals surface area (Å²) in [5, 5.41) is 3.28. The zero-order valence-electron chi connectivity index (χ0n) is 13.8. The molecule has 0 aliphatic carbocycles. The van der Waals surface area contributed by atoms with Gasteiger partial charge in [0.05, 0.1) is 6.61 Å². The molecule has 2 atom stereocenters. The summed E-state index contributed by atoms with van der Waals surface area (Å²) in [4.78, 5) is 30.6. The van der Waals surface area contributed by atoms with Crippen molar-refractivity contribution >= 4 is 22.3 Å². The third-order valence-corrected chi connectivity index (χ3v) is 4.46. The molecule has 2 saturated heterocycles. The second-order valence-electron chi connectivity index (χ2n) is 6.05. The molecular formula is C13H24N4O7S. The maximum Gasteiger partial charge on any atom is 0.418 e. The lowest BCUT2D eigenvalue weighted by atomic mass is 10.0. The average Bonchev–Trinajstić information content (AvgIpc) is 2.60. The van der Waals surface area contributed by atoms with Crippen molar-refractivity contribution in [3.63, 3.8) is 0 Å². The number of hydrogen-bond acceptors (Lipinski definition) is 7. The van der Waals surface area contributed by atoms with Crippen molar-refractivity contribution in [1.29, 1.82) is 0 Å². The van der Waals surface area contributed by atoms with Gasteiger partial charge in [0, 0.05) is 12.6 Å². The van der Waals surface area contributed by atoms with Gasteiger partial charge in [0.2, 0.25) is 0 Å². The maximum absolute atomic E-state index is 12.3. The third-order valence-electron chi connectivity index (χ3n) is 4.17. The van der Waals surface area contributed by atoms with Gasteiger partial charge in [0.15, 0.2) is 0 Å². The lowest BCUT2D eigenvalue weighted by molar-refractivity contribution is -0.140. The minimum Gasteiger partial charge on any atom is -0.312 e. The van der Waals surface area contributed by atoms with Crippen molar-refractivity contribution < 1.29 is 31.7 Å². The molecule has 12 heteroatoms. The topological polar surface area (TPSA) is 146 Å². The Bertz CT molecular complexity index is 565. The van der Waals surface area contributed by atoms with Crippen LogP contribution in [0.2, 0.25) is 0 Å². The molecule has 0 aromatic rings. The van der Waals surface area contributed by atoms with E-state index in [1.54, 1.807) is 5.48 Å². The Morgan fingerprint density at radius 3 is 2.60 bits per heavy atom. The highest BCUT2D eigenvalue weighted by Gasteiger charge is 2.33. The van der Waals surface area contributed by atoms with Crippen LogP contribution in [0.4, 0.5) is 4.79 Å². The van der Waals surface area contributed by atoms with Gasteiger partial charge < -0.3 is 10.2 Å². The van der Waals surface area contributed by atoms with Gasteiger partial charge in [-0.25, -0.2) is 10.3 Å². The van der Waals surface area contributed by atoms with E-state index in [0.29, 0.717) is 19.4 Å². The van der Waals surface area contributed by atoms with Gasteiger partial charge in [0.1, 0.15) is 6.04 Å². The second kappa shape index (κ2) is 9.29. The number of likely N-dealkylation sites (tertiary alicyclic amines) is 1. The summed E-state index contributed by atoms with van der Waals surface area (Å²) in [6.07, 6.45) is 5.03. The first-order valence-electron chi connectivity index (χ1n) is 8.24. The Balaban J connectivity index is 1.81. The van der Waals surface area contributed by atoms with Gasteiger partial charge in [-0.3, -0.25) is 14.2 Å². The molecule has 0 bridgehead atoms. The predicted molar refractivity (Wildman–Crippen MR) is 85.2 cm³/mol. The van der Waals surface area contributed by atoms with E-state index in [4.69, 9.17) is 9.39 Å². The lowest BCUT2D eigenvalue weighted by Crippen LogP contribution is -2.55. The number of nitrogens with one attached hydrogen (secondary N) is 3. The molecule has 25 heavy (non-hydrogen) atoms. The number of rotatable bonds is 6. The fourth-order valence-electron chi connectivity index (χ4n) is 2.94. The summed E-state index contributed by atoms with van der Waals surface area (Å²) in [5.41, 5.74) is 3.95. The van der Waals surface area contributed by atoms with Crippen molar-refractivity contribution in [3.05, 3.63) is 0 Å². The predicted octanol–water partition coefficient (Wildman–Crippen LogP) is -0.525. The van der Waals surface area contributed by atoms with Crippen molar-refractivity contribution in [1.82, 2.24) is 21.2 Å². The standard InChI is InChI=1S/C13H24N4O7S/c18-12(15-23-9-10-5-1-3-7-14-10)11-6-2-4-8-17(11)13(19)16-24-25(20,21)22/h10-11,14H,1-9H2,(H,15,18)(H,16,19)(H,20,21,22)/t10-,11+/m1/s1. The highest BCUT2D eigenvalue weighted by Crippen LogP contribution is 2.17. The highest BCUT2D eigenvalue weighted by molar-refractivity contribution is 7.80. The number of hydrogen-bond donors (Lipinski definition) is 4. The molecule has 11 nitrogen and oxygen atoms in total. The van der Waals surface area contributed by atoms with Crippen LogP contribution in [-0.2, 0) is 24.3 Å². The molecule has 0 aromatic heterocycles. The Morgan fingerprint density at radius 1 is 1.16 bits per heavy atom. The van der Waals surface area contributed by atoms with Crippen LogP contribution in [0.3, 0.4) is 0 Å². The molecule has 0 unspecified atom stereocenters. The van der Waals surface area contributed by atoms with E-state index in [1.807, 2.05) is 0 Å². The van der Waals surface area contributed by atoms with E-state index in [2.05, 4.69) is 15.1 Å². The summed E-state index contributed by atoms with van der Waals surface area (Å²) >= 11 is 0. The SMILES string of the molecule is O=C(NOC[C@H]1CCCCN1)[C@@H]1CCCCN1C(=O)NOS(=O)(=O)O. The van der Waals surface area contributed by atoms with Crippen LogP contribution in [0.25, 0.3) is 0 Å². The third kappa shape index (κ3) is 6.74. The monoisotopic (exact) mass is 380 g/mol. The summed E-state index contributed by atoms with van der Waals surface area (Å²) in [7, 11) is -4.81. The number of carbonyl (C=O) groups excluding carboxylic acids is 2. The summed E-state index contributed by atoms with van der Waals surface area (Å²) in [5.74, 6) is -0.488. The zero-order chi connectivity index (χ0) is 18.3. The molecule has 2 heterocycles. The quantitative estimate of drug-likeness (QED) is 0.355. The van der Waals surface area contributed by atoms with Crippen LogP contribution in [0.5, 0.6) is 0 Å². The molecule has 3 amide bonds. The second-order valence-corrected chi connectivity index (χ2v) is 7.07. The van der Waals surface area contributed by atoms with Gasteiger partial charge in [-0.2, -0.15) is 13.9 Å². The van der Waals surface area contributed by atoms with Gasteiger partial charge in [-0.1, -0.05) is 6.42 Å². The van der Waals surface area contributed by atoms with Crippen molar-refractivity contribution in [2.45, 2.75) is 50.6 Å². The molecule has 2 aliphatic heterocycles. The maximum atomic E-state index is 12.3. The molecule has 0 spiro atoms. The Morgan fingerprint density at radius 2 is 1.92 bits per heavy atom. The molecule has 144 valence electrons. The first kappa shape index (κ1) is 19.8. The van der Waals surface area contributed by atoms with Gasteiger partial charge in [-0.15, -0.1) is 4.28 Å². The molecular weight excluding hydrogens is 356 g/mol. The van der Waals surface area contributed by atoms with E-state index in [9.17, 15) is 18.0 Å². The van der Waals surface area contributed by atoms with Gasteiger partial charge in [0.25, 0.3) is 5.91 Å². The Kier molecular flexibility index (Phi) is 7.38. The fraction of sp³-hybridized carbons (Fsp3) is 0.846. The van der Waals surface area contributed by atoms with Crippen molar-refractivity contribution in [2.75, 3.05) is 19.7 Å². The van der Waals surface area contributed by atoms with E-state index in [1.165, 1.54) is 0 Å². The van der Waals surface area contributed by atoms with Gasteiger partial charge in [-0.05, 0) is 38.6 Å². The summed E-state index contributed by atoms with van der Waals surface area (Å²) in [6.45, 7) is 1.51. The average molecular weight is 380 g/mol. The van der Waals surface area contributed by atoms with E-state index < -0.39 is 28.4 Å². The summed E-state index contributed by atoms with van der Waals surface area (Å²) < 4.78 is 33.4. The van der Waals surface area contributed by atoms with Crippen molar-refractivity contribution in [3.8, 4) is 0 Å². The van der Waals surface area contributed by atoms with Crippen LogP contribution in [0.15, 0.2) is 0 Å². The molecule has 2 fully saturated rings. The smallest absolute Gasteiger partial charge is 0.312 e. The number of hydroxylamine groups is 2. The number of carbonyl (C=O) groups is 2. The molecule has 0 aromatic carbocycles. The molecule has 4 N–H and O–H groups in total. The number of amides is 3. The zero-order valence-corrected chi connectivity index (χ0v) is 14.6. The number of urea groups is 1.